The first-order valence-electron chi connectivity index (χ1n) is 11.8. The zero-order valence-corrected chi connectivity index (χ0v) is 20.6. The predicted molar refractivity (Wildman–Crippen MR) is 137 cm³/mol. The Balaban J connectivity index is 1.44. The molecule has 3 aromatic heterocycles. The summed E-state index contributed by atoms with van der Waals surface area (Å²) in [7, 11) is 3.68. The Morgan fingerprint density at radius 3 is 2.78 bits per heavy atom. The highest BCUT2D eigenvalue weighted by atomic mass is 19.1. The van der Waals surface area contributed by atoms with Crippen LogP contribution in [0.15, 0.2) is 37.0 Å². The Hall–Kier alpha value is -3.76. The number of rotatable bonds is 7. The van der Waals surface area contributed by atoms with Gasteiger partial charge in [-0.25, -0.2) is 23.7 Å². The summed E-state index contributed by atoms with van der Waals surface area (Å²) in [4.78, 5) is 15.6. The molecule has 0 radical (unpaired) electrons. The van der Waals surface area contributed by atoms with E-state index in [4.69, 9.17) is 4.98 Å². The molecule has 1 aliphatic heterocycles. The molecule has 0 aliphatic carbocycles. The maximum absolute atomic E-state index is 14.9. The van der Waals surface area contributed by atoms with Crippen molar-refractivity contribution in [3.63, 3.8) is 0 Å². The van der Waals surface area contributed by atoms with Crippen LogP contribution in [0.1, 0.15) is 23.9 Å². The largest absolute Gasteiger partial charge is 0.318 e. The fourth-order valence-electron chi connectivity index (χ4n) is 4.65. The number of aryl methyl sites for hydroxylation is 1. The predicted octanol–water partition coefficient (Wildman–Crippen LogP) is 4.06. The topological polar surface area (TPSA) is 83.8 Å². The zero-order chi connectivity index (χ0) is 25.4. The zero-order valence-electron chi connectivity index (χ0n) is 20.6. The van der Waals surface area contributed by atoms with Crippen molar-refractivity contribution >= 4 is 28.2 Å². The Labute approximate surface area is 208 Å². The molecule has 0 fully saturated rings. The van der Waals surface area contributed by atoms with Gasteiger partial charge < -0.3 is 10.6 Å². The van der Waals surface area contributed by atoms with Crippen molar-refractivity contribution in [2.24, 2.45) is 7.05 Å². The van der Waals surface area contributed by atoms with Crippen LogP contribution in [0.2, 0.25) is 0 Å². The van der Waals surface area contributed by atoms with E-state index in [1.807, 2.05) is 26.1 Å². The second-order valence-corrected chi connectivity index (χ2v) is 9.05. The summed E-state index contributed by atoms with van der Waals surface area (Å²) in [5, 5.41) is 11.0. The molecule has 4 aromatic rings. The molecule has 5 rings (SSSR count). The Kier molecular flexibility index (Phi) is 6.46. The maximum Gasteiger partial charge on any atom is 0.229 e. The summed E-state index contributed by atoms with van der Waals surface area (Å²) in [6.45, 7) is 9.51. The molecule has 10 heteroatoms. The first kappa shape index (κ1) is 24.0. The highest BCUT2D eigenvalue weighted by Crippen LogP contribution is 2.32. The van der Waals surface area contributed by atoms with Crippen molar-refractivity contribution in [2.45, 2.75) is 19.9 Å². The van der Waals surface area contributed by atoms with Crippen LogP contribution in [-0.2, 0) is 20.0 Å². The Bertz CT molecular complexity index is 1460. The van der Waals surface area contributed by atoms with E-state index in [1.165, 1.54) is 11.6 Å². The number of aromatic nitrogens is 5. The standard InChI is InChI=1S/C26H28F2N8/c1-15(2)25-18-11-17(12-19(27)24(18)34-35(25)4)23-20(28)13-30-26(33-23)32-22-6-5-16-14-36(10-8-29-3)9-7-21(16)31-22/h5-6,11-13,29H,1,7-10,14H2,2-4H3,(H,30,31,32,33). The van der Waals surface area contributed by atoms with Gasteiger partial charge in [0.25, 0.3) is 0 Å². The van der Waals surface area contributed by atoms with Gasteiger partial charge in [0.2, 0.25) is 5.95 Å². The normalized spacial score (nSPS) is 13.7. The molecule has 2 N–H and O–H groups in total. The number of nitrogens with one attached hydrogen (secondary N) is 2. The van der Waals surface area contributed by atoms with Crippen LogP contribution in [0.25, 0.3) is 27.7 Å². The third-order valence-corrected chi connectivity index (χ3v) is 6.36. The quantitative estimate of drug-likeness (QED) is 0.404. The molecule has 36 heavy (non-hydrogen) atoms. The number of benzene rings is 1. The number of hydrogen-bond acceptors (Lipinski definition) is 7. The van der Waals surface area contributed by atoms with Gasteiger partial charge in [0.15, 0.2) is 11.6 Å². The second-order valence-electron chi connectivity index (χ2n) is 9.05. The minimum atomic E-state index is -0.653. The molecule has 4 heterocycles. The molecule has 0 bridgehead atoms. The lowest BCUT2D eigenvalue weighted by molar-refractivity contribution is 0.254. The lowest BCUT2D eigenvalue weighted by Gasteiger charge is -2.28. The summed E-state index contributed by atoms with van der Waals surface area (Å²) in [6.07, 6.45) is 1.92. The van der Waals surface area contributed by atoms with E-state index < -0.39 is 11.6 Å². The van der Waals surface area contributed by atoms with E-state index in [0.29, 0.717) is 22.5 Å². The average molecular weight is 491 g/mol. The van der Waals surface area contributed by atoms with Crippen LogP contribution in [0.3, 0.4) is 0 Å². The SMILES string of the molecule is C=C(C)c1c2cc(-c3nc(Nc4ccc5c(n4)CCN(CCNC)C5)ncc3F)cc(F)c2nn1C. The molecule has 0 atom stereocenters. The summed E-state index contributed by atoms with van der Waals surface area (Å²) in [5.41, 5.74) is 4.11. The fourth-order valence-corrected chi connectivity index (χ4v) is 4.65. The average Bonchev–Trinajstić information content (AvgIpc) is 3.20. The summed E-state index contributed by atoms with van der Waals surface area (Å²) >= 11 is 0. The lowest BCUT2D eigenvalue weighted by Crippen LogP contribution is -2.35. The van der Waals surface area contributed by atoms with Crippen molar-refractivity contribution in [3.05, 3.63) is 65.6 Å². The maximum atomic E-state index is 14.9. The number of allylic oxidation sites excluding steroid dienone is 1. The van der Waals surface area contributed by atoms with E-state index in [-0.39, 0.29) is 17.2 Å². The molecule has 0 saturated heterocycles. The van der Waals surface area contributed by atoms with Gasteiger partial charge in [-0.15, -0.1) is 0 Å². The fraction of sp³-hybridized carbons (Fsp3) is 0.308. The number of nitrogens with zero attached hydrogens (tertiary/aromatic N) is 6. The molecule has 1 aromatic carbocycles. The molecule has 0 unspecified atom stereocenters. The molecule has 0 amide bonds. The number of hydrogen-bond donors (Lipinski definition) is 2. The molecule has 0 saturated carbocycles. The van der Waals surface area contributed by atoms with Gasteiger partial charge in [-0.1, -0.05) is 12.6 Å². The third-order valence-electron chi connectivity index (χ3n) is 6.36. The van der Waals surface area contributed by atoms with E-state index in [0.717, 1.165) is 50.1 Å². The van der Waals surface area contributed by atoms with Crippen LogP contribution < -0.4 is 10.6 Å². The lowest BCUT2D eigenvalue weighted by atomic mass is 10.0. The minimum Gasteiger partial charge on any atom is -0.318 e. The smallest absolute Gasteiger partial charge is 0.229 e. The van der Waals surface area contributed by atoms with Crippen LogP contribution in [-0.4, -0.2) is 56.3 Å². The van der Waals surface area contributed by atoms with Crippen molar-refractivity contribution in [3.8, 4) is 11.3 Å². The number of fused-ring (bicyclic) bond motifs is 2. The van der Waals surface area contributed by atoms with Crippen molar-refractivity contribution in [1.29, 1.82) is 0 Å². The Morgan fingerprint density at radius 1 is 1.17 bits per heavy atom. The van der Waals surface area contributed by atoms with E-state index in [9.17, 15) is 8.78 Å². The van der Waals surface area contributed by atoms with E-state index in [2.05, 4.69) is 37.2 Å². The van der Waals surface area contributed by atoms with Crippen LogP contribution in [0.4, 0.5) is 20.5 Å². The first-order valence-corrected chi connectivity index (χ1v) is 11.8. The number of likely N-dealkylation sites (N-methyl/N-ethyl adjacent to an activating group) is 1. The van der Waals surface area contributed by atoms with Crippen molar-refractivity contribution < 1.29 is 8.78 Å². The Morgan fingerprint density at radius 2 is 2.00 bits per heavy atom. The van der Waals surface area contributed by atoms with Gasteiger partial charge in [-0.3, -0.25) is 9.58 Å². The van der Waals surface area contributed by atoms with Gasteiger partial charge in [-0.2, -0.15) is 5.10 Å². The molecule has 8 nitrogen and oxygen atoms in total. The first-order chi connectivity index (χ1) is 17.3. The number of halogens is 2. The van der Waals surface area contributed by atoms with Gasteiger partial charge >= 0.3 is 0 Å². The van der Waals surface area contributed by atoms with Gasteiger partial charge in [0.05, 0.1) is 11.9 Å². The van der Waals surface area contributed by atoms with Crippen LogP contribution >= 0.6 is 0 Å². The summed E-state index contributed by atoms with van der Waals surface area (Å²) < 4.78 is 31.3. The third kappa shape index (κ3) is 4.57. The van der Waals surface area contributed by atoms with E-state index >= 15 is 0 Å². The number of pyridine rings is 1. The molecule has 1 aliphatic rings. The van der Waals surface area contributed by atoms with Gasteiger partial charge in [0, 0.05) is 56.3 Å². The van der Waals surface area contributed by atoms with Gasteiger partial charge in [-0.05, 0) is 43.3 Å². The van der Waals surface area contributed by atoms with Gasteiger partial charge in [0.1, 0.15) is 17.0 Å². The monoisotopic (exact) mass is 490 g/mol. The summed E-state index contributed by atoms with van der Waals surface area (Å²) in [6, 6.07) is 6.84. The molecular formula is C26H28F2N8. The van der Waals surface area contributed by atoms with Crippen molar-refractivity contribution in [2.75, 3.05) is 32.0 Å². The molecule has 186 valence electrons. The van der Waals surface area contributed by atoms with Crippen molar-refractivity contribution in [1.82, 2.24) is 34.9 Å². The van der Waals surface area contributed by atoms with Crippen LogP contribution in [0.5, 0.6) is 0 Å². The highest BCUT2D eigenvalue weighted by molar-refractivity contribution is 5.93. The van der Waals surface area contributed by atoms with Crippen LogP contribution in [0, 0.1) is 11.6 Å². The van der Waals surface area contributed by atoms with E-state index in [1.54, 1.807) is 17.8 Å². The minimum absolute atomic E-state index is 0.0112. The second kappa shape index (κ2) is 9.71. The molecule has 0 spiro atoms. The number of anilines is 2. The molecular weight excluding hydrogens is 462 g/mol. The summed E-state index contributed by atoms with van der Waals surface area (Å²) in [5.74, 6) is -0.455. The highest BCUT2D eigenvalue weighted by Gasteiger charge is 2.20.